The van der Waals surface area contributed by atoms with Crippen LogP contribution in [0.5, 0.6) is 5.75 Å². The first-order valence-corrected chi connectivity index (χ1v) is 9.45. The Bertz CT molecular complexity index is 1150. The predicted octanol–water partition coefficient (Wildman–Crippen LogP) is 5.08. The Balaban J connectivity index is 1.56. The van der Waals surface area contributed by atoms with E-state index in [4.69, 9.17) is 4.74 Å². The van der Waals surface area contributed by atoms with Crippen molar-refractivity contribution in [2.75, 3.05) is 17.3 Å². The van der Waals surface area contributed by atoms with Crippen LogP contribution in [0, 0.1) is 10.1 Å². The van der Waals surface area contributed by atoms with Crippen LogP contribution in [0.2, 0.25) is 0 Å². The van der Waals surface area contributed by atoms with Gasteiger partial charge in [0.2, 0.25) is 0 Å². The number of carbonyl (C=O) groups excluding carboxylic acids is 1. The fourth-order valence-electron chi connectivity index (χ4n) is 2.65. The molecule has 0 saturated heterocycles. The monoisotopic (exact) mass is 458 g/mol. The number of alkyl halides is 3. The molecule has 3 aromatic rings. The van der Waals surface area contributed by atoms with Crippen LogP contribution in [0.3, 0.4) is 0 Å². The van der Waals surface area contributed by atoms with E-state index >= 15 is 0 Å². The van der Waals surface area contributed by atoms with E-state index in [0.717, 1.165) is 12.1 Å². The summed E-state index contributed by atoms with van der Waals surface area (Å²) in [5.41, 5.74) is 1.54. The summed E-state index contributed by atoms with van der Waals surface area (Å²) in [6, 6.07) is 17.5. The van der Waals surface area contributed by atoms with Gasteiger partial charge in [-0.25, -0.2) is 0 Å². The Labute approximate surface area is 185 Å². The molecule has 8 nitrogen and oxygen atoms in total. The van der Waals surface area contributed by atoms with Crippen LogP contribution >= 0.6 is 0 Å². The molecule has 0 atom stereocenters. The highest BCUT2D eigenvalue weighted by molar-refractivity contribution is 5.91. The van der Waals surface area contributed by atoms with Gasteiger partial charge in [-0.3, -0.25) is 20.3 Å². The molecule has 11 heteroatoms. The molecule has 33 heavy (non-hydrogen) atoms. The molecular formula is C22H17F3N4O4. The number of ether oxygens (including phenoxy) is 1. The third-order valence-electron chi connectivity index (χ3n) is 4.23. The molecule has 3 rings (SSSR count). The topological polar surface area (TPSA) is 106 Å². The summed E-state index contributed by atoms with van der Waals surface area (Å²) < 4.78 is 43.7. The van der Waals surface area contributed by atoms with Gasteiger partial charge in [0.05, 0.1) is 16.7 Å². The molecule has 0 spiro atoms. The molecule has 0 aliphatic rings. The maximum Gasteiger partial charge on any atom is 0.416 e. The summed E-state index contributed by atoms with van der Waals surface area (Å²) in [6.07, 6.45) is -3.37. The van der Waals surface area contributed by atoms with E-state index in [9.17, 15) is 28.1 Å². The van der Waals surface area contributed by atoms with Crippen molar-refractivity contribution in [2.45, 2.75) is 6.18 Å². The fourth-order valence-corrected chi connectivity index (χ4v) is 2.65. The number of hydrogen-bond acceptors (Lipinski definition) is 6. The number of halogens is 3. The van der Waals surface area contributed by atoms with Crippen molar-refractivity contribution < 1.29 is 27.6 Å². The van der Waals surface area contributed by atoms with Crippen molar-refractivity contribution >= 4 is 29.2 Å². The van der Waals surface area contributed by atoms with E-state index in [0.29, 0.717) is 23.1 Å². The highest BCUT2D eigenvalue weighted by atomic mass is 19.4. The molecule has 0 unspecified atom stereocenters. The van der Waals surface area contributed by atoms with Gasteiger partial charge in [-0.05, 0) is 54.1 Å². The van der Waals surface area contributed by atoms with Crippen LogP contribution in [0.4, 0.5) is 30.2 Å². The number of anilines is 2. The molecule has 0 heterocycles. The van der Waals surface area contributed by atoms with Gasteiger partial charge in [-0.1, -0.05) is 18.2 Å². The molecular weight excluding hydrogens is 441 g/mol. The van der Waals surface area contributed by atoms with Crippen molar-refractivity contribution in [1.82, 2.24) is 0 Å². The van der Waals surface area contributed by atoms with Crippen LogP contribution in [0.1, 0.15) is 11.1 Å². The normalized spacial score (nSPS) is 11.2. The molecule has 1 amide bonds. The minimum atomic E-state index is -4.70. The van der Waals surface area contributed by atoms with E-state index < -0.39 is 22.4 Å². The lowest BCUT2D eigenvalue weighted by Gasteiger charge is -2.08. The Morgan fingerprint density at radius 1 is 1.06 bits per heavy atom. The number of hydrogen-bond donors (Lipinski definition) is 2. The van der Waals surface area contributed by atoms with Gasteiger partial charge in [0.15, 0.2) is 6.61 Å². The number of amides is 1. The Morgan fingerprint density at radius 2 is 1.76 bits per heavy atom. The average Bonchev–Trinajstić information content (AvgIpc) is 2.78. The zero-order valence-electron chi connectivity index (χ0n) is 16.9. The van der Waals surface area contributed by atoms with Gasteiger partial charge in [0.25, 0.3) is 11.6 Å². The Morgan fingerprint density at radius 3 is 2.39 bits per heavy atom. The summed E-state index contributed by atoms with van der Waals surface area (Å²) in [5, 5.41) is 17.6. The first kappa shape index (κ1) is 23.3. The summed E-state index contributed by atoms with van der Waals surface area (Å²) in [7, 11) is 0. The molecule has 0 aromatic heterocycles. The zero-order chi connectivity index (χ0) is 23.8. The average molecular weight is 458 g/mol. The van der Waals surface area contributed by atoms with Crippen LogP contribution in [0.25, 0.3) is 0 Å². The van der Waals surface area contributed by atoms with Crippen LogP contribution in [0.15, 0.2) is 77.9 Å². The first-order chi connectivity index (χ1) is 15.7. The van der Waals surface area contributed by atoms with Gasteiger partial charge >= 0.3 is 6.18 Å². The lowest BCUT2D eigenvalue weighted by atomic mass is 10.1. The Kier molecular flexibility index (Phi) is 7.24. The second kappa shape index (κ2) is 10.3. The number of para-hydroxylation sites is 1. The van der Waals surface area contributed by atoms with Crippen LogP contribution in [-0.4, -0.2) is 23.7 Å². The van der Waals surface area contributed by atoms with E-state index in [1.165, 1.54) is 6.21 Å². The van der Waals surface area contributed by atoms with E-state index in [1.54, 1.807) is 48.5 Å². The number of rotatable bonds is 8. The van der Waals surface area contributed by atoms with Gasteiger partial charge in [0.1, 0.15) is 11.4 Å². The number of hydrazone groups is 1. The standard InChI is InChI=1S/C22H17F3N4O4/c23-22(24,25)16-8-11-19(20(12-16)29(31)32)28-26-13-15-6-9-18(10-7-15)33-14-21(30)27-17-4-2-1-3-5-17/h1-13,28H,14H2,(H,27,30)/b26-13-. The molecule has 3 aromatic carbocycles. The highest BCUT2D eigenvalue weighted by Crippen LogP contribution is 2.34. The SMILES string of the molecule is O=C(COc1ccc(/C=N\Nc2ccc(C(F)(F)F)cc2[N+](=O)[O-])cc1)Nc1ccccc1. The van der Waals surface area contributed by atoms with Gasteiger partial charge in [-0.15, -0.1) is 0 Å². The number of benzene rings is 3. The minimum absolute atomic E-state index is 0.186. The molecule has 170 valence electrons. The van der Waals surface area contributed by atoms with Gasteiger partial charge < -0.3 is 10.1 Å². The molecule has 2 N–H and O–H groups in total. The summed E-state index contributed by atoms with van der Waals surface area (Å²) in [6.45, 7) is -0.193. The third kappa shape index (κ3) is 6.79. The van der Waals surface area contributed by atoms with Crippen molar-refractivity contribution in [2.24, 2.45) is 5.10 Å². The second-order valence-electron chi connectivity index (χ2n) is 6.63. The van der Waals surface area contributed by atoms with Crippen molar-refractivity contribution in [3.8, 4) is 5.75 Å². The van der Waals surface area contributed by atoms with Crippen molar-refractivity contribution in [3.63, 3.8) is 0 Å². The highest BCUT2D eigenvalue weighted by Gasteiger charge is 2.33. The quantitative estimate of drug-likeness (QED) is 0.278. The predicted molar refractivity (Wildman–Crippen MR) is 116 cm³/mol. The molecule has 0 saturated carbocycles. The number of nitro groups is 1. The summed E-state index contributed by atoms with van der Waals surface area (Å²) in [4.78, 5) is 22.1. The lowest BCUT2D eigenvalue weighted by molar-refractivity contribution is -0.384. The number of nitrogens with one attached hydrogen (secondary N) is 2. The maximum absolute atomic E-state index is 12.8. The summed E-state index contributed by atoms with van der Waals surface area (Å²) >= 11 is 0. The van der Waals surface area contributed by atoms with Gasteiger partial charge in [0, 0.05) is 11.8 Å². The molecule has 0 radical (unpaired) electrons. The van der Waals surface area contributed by atoms with Crippen LogP contribution in [-0.2, 0) is 11.0 Å². The number of nitro benzene ring substituents is 1. The fraction of sp³-hybridized carbons (Fsp3) is 0.0909. The molecule has 0 aliphatic heterocycles. The smallest absolute Gasteiger partial charge is 0.416 e. The summed E-state index contributed by atoms with van der Waals surface area (Å²) in [5.74, 6) is 0.107. The number of nitrogens with zero attached hydrogens (tertiary/aromatic N) is 2. The Hall–Kier alpha value is -4.41. The van der Waals surface area contributed by atoms with E-state index in [-0.39, 0.29) is 18.2 Å². The van der Waals surface area contributed by atoms with E-state index in [1.807, 2.05) is 6.07 Å². The zero-order valence-corrected chi connectivity index (χ0v) is 16.9. The lowest BCUT2D eigenvalue weighted by Crippen LogP contribution is -2.20. The minimum Gasteiger partial charge on any atom is -0.484 e. The molecule has 0 fully saturated rings. The third-order valence-corrected chi connectivity index (χ3v) is 4.23. The molecule has 0 aliphatic carbocycles. The van der Waals surface area contributed by atoms with Gasteiger partial charge in [-0.2, -0.15) is 18.3 Å². The van der Waals surface area contributed by atoms with Crippen molar-refractivity contribution in [3.05, 3.63) is 94.0 Å². The van der Waals surface area contributed by atoms with Crippen LogP contribution < -0.4 is 15.5 Å². The van der Waals surface area contributed by atoms with Crippen molar-refractivity contribution in [1.29, 1.82) is 0 Å². The number of carbonyl (C=O) groups is 1. The maximum atomic E-state index is 12.8. The second-order valence-corrected chi connectivity index (χ2v) is 6.63. The first-order valence-electron chi connectivity index (χ1n) is 9.45. The molecule has 0 bridgehead atoms. The largest absolute Gasteiger partial charge is 0.484 e. The van der Waals surface area contributed by atoms with E-state index in [2.05, 4.69) is 15.8 Å².